The van der Waals surface area contributed by atoms with Crippen LogP contribution in [0, 0.1) is 0 Å². The zero-order valence-corrected chi connectivity index (χ0v) is 18.5. The smallest absolute Gasteiger partial charge is 0.149 e. The van der Waals surface area contributed by atoms with Crippen molar-refractivity contribution < 1.29 is 9.32 Å². The highest BCUT2D eigenvalue weighted by Crippen LogP contribution is 2.43. The minimum Gasteiger partial charge on any atom is -0.394 e. The summed E-state index contributed by atoms with van der Waals surface area (Å²) in [4.78, 5) is 14.9. The van der Waals surface area contributed by atoms with Crippen LogP contribution in [-0.2, 0) is 10.8 Å². The molecule has 1 atom stereocenters. The van der Waals surface area contributed by atoms with Gasteiger partial charge in [0.25, 0.3) is 0 Å². The molecule has 160 valence electrons. The molecule has 0 amide bonds. The summed E-state index contributed by atoms with van der Waals surface area (Å²) in [5, 5.41) is 10.8. The molecule has 0 radical (unpaired) electrons. The average Bonchev–Trinajstić information content (AvgIpc) is 2.75. The largest absolute Gasteiger partial charge is 0.394 e. The van der Waals surface area contributed by atoms with Gasteiger partial charge in [-0.3, -0.25) is 4.21 Å². The van der Waals surface area contributed by atoms with Crippen molar-refractivity contribution in [2.24, 2.45) is 0 Å². The topological polar surface area (TPSA) is 69.6 Å². The molecule has 6 nitrogen and oxygen atoms in total. The van der Waals surface area contributed by atoms with E-state index < -0.39 is 10.8 Å². The van der Waals surface area contributed by atoms with Crippen LogP contribution in [0.25, 0.3) is 0 Å². The molecule has 8 heteroatoms. The molecule has 3 aliphatic rings. The van der Waals surface area contributed by atoms with Crippen molar-refractivity contribution in [1.29, 1.82) is 0 Å². The molecule has 2 aromatic rings. The predicted molar refractivity (Wildman–Crippen MR) is 120 cm³/mol. The van der Waals surface area contributed by atoms with E-state index in [4.69, 9.17) is 16.6 Å². The van der Waals surface area contributed by atoms with Crippen molar-refractivity contribution in [3.8, 4) is 0 Å². The van der Waals surface area contributed by atoms with Gasteiger partial charge in [0, 0.05) is 48.2 Å². The van der Waals surface area contributed by atoms with Gasteiger partial charge in [-0.1, -0.05) is 11.6 Å². The summed E-state index contributed by atoms with van der Waals surface area (Å²) >= 11 is 6.01. The number of nitrogens with zero attached hydrogens (tertiary/aromatic N) is 4. The third-order valence-corrected chi connectivity index (χ3v) is 8.54. The summed E-state index contributed by atoms with van der Waals surface area (Å²) in [6, 6.07) is 8.00. The SMILES string of the molecule is O=[S@@]1CCN(C2(CO)CCC2)c2nc(C3CCN(c4ccc(Cl)cc4)CC3)ncc21. The molecule has 1 aliphatic carbocycles. The molecule has 1 N–H and O–H groups in total. The Kier molecular flexibility index (Phi) is 5.45. The fourth-order valence-corrected chi connectivity index (χ4v) is 6.15. The first-order chi connectivity index (χ1) is 14.6. The first-order valence-electron chi connectivity index (χ1n) is 10.7. The highest BCUT2D eigenvalue weighted by atomic mass is 35.5. The Morgan fingerprint density at radius 1 is 1.17 bits per heavy atom. The van der Waals surface area contributed by atoms with Crippen LogP contribution >= 0.6 is 11.6 Å². The van der Waals surface area contributed by atoms with Gasteiger partial charge in [-0.2, -0.15) is 0 Å². The first kappa shape index (κ1) is 20.2. The lowest BCUT2D eigenvalue weighted by molar-refractivity contribution is 0.115. The van der Waals surface area contributed by atoms with Gasteiger partial charge in [0.05, 0.1) is 27.8 Å². The summed E-state index contributed by atoms with van der Waals surface area (Å²) in [6.45, 7) is 2.70. The monoisotopic (exact) mass is 446 g/mol. The van der Waals surface area contributed by atoms with Crippen molar-refractivity contribution in [3.63, 3.8) is 0 Å². The molecule has 0 spiro atoms. The van der Waals surface area contributed by atoms with Crippen LogP contribution in [-0.4, -0.2) is 56.8 Å². The minimum atomic E-state index is -1.06. The summed E-state index contributed by atoms with van der Waals surface area (Å²) in [5.41, 5.74) is 0.962. The van der Waals surface area contributed by atoms with E-state index in [9.17, 15) is 9.32 Å². The van der Waals surface area contributed by atoms with E-state index in [0.29, 0.717) is 18.2 Å². The molecule has 1 aromatic heterocycles. The van der Waals surface area contributed by atoms with Gasteiger partial charge in [0.15, 0.2) is 0 Å². The molecule has 30 heavy (non-hydrogen) atoms. The van der Waals surface area contributed by atoms with Crippen LogP contribution in [0.1, 0.15) is 43.8 Å². The number of anilines is 2. The molecule has 2 aliphatic heterocycles. The lowest BCUT2D eigenvalue weighted by Crippen LogP contribution is -2.59. The zero-order valence-electron chi connectivity index (χ0n) is 17.0. The number of aliphatic hydroxyl groups is 1. The number of rotatable bonds is 4. The van der Waals surface area contributed by atoms with Crippen LogP contribution < -0.4 is 9.80 Å². The quantitative estimate of drug-likeness (QED) is 0.776. The number of benzene rings is 1. The molecule has 5 rings (SSSR count). The van der Waals surface area contributed by atoms with Crippen LogP contribution in [0.4, 0.5) is 11.5 Å². The predicted octanol–water partition coefficient (Wildman–Crippen LogP) is 3.36. The fourth-order valence-electron chi connectivity index (χ4n) is 4.92. The Bertz CT molecular complexity index is 937. The van der Waals surface area contributed by atoms with Crippen molar-refractivity contribution >= 4 is 33.9 Å². The Morgan fingerprint density at radius 2 is 1.90 bits per heavy atom. The normalized spacial score (nSPS) is 23.7. The van der Waals surface area contributed by atoms with Gasteiger partial charge in [-0.05, 0) is 56.4 Å². The van der Waals surface area contributed by atoms with Crippen LogP contribution in [0.5, 0.6) is 0 Å². The summed E-state index contributed by atoms with van der Waals surface area (Å²) < 4.78 is 12.6. The molecule has 3 heterocycles. The maximum atomic E-state index is 12.6. The van der Waals surface area contributed by atoms with Gasteiger partial charge in [-0.25, -0.2) is 9.97 Å². The number of hydrogen-bond acceptors (Lipinski definition) is 6. The molecule has 0 bridgehead atoms. The summed E-state index contributed by atoms with van der Waals surface area (Å²) in [5.74, 6) is 2.51. The average molecular weight is 447 g/mol. The fraction of sp³-hybridized carbons (Fsp3) is 0.545. The number of aliphatic hydroxyl groups excluding tert-OH is 1. The number of fused-ring (bicyclic) bond motifs is 1. The van der Waals surface area contributed by atoms with E-state index in [1.54, 1.807) is 6.20 Å². The number of aromatic nitrogens is 2. The molecule has 1 aromatic carbocycles. The van der Waals surface area contributed by atoms with E-state index >= 15 is 0 Å². The Labute approximate surface area is 184 Å². The molecule has 0 unspecified atom stereocenters. The molecule has 1 saturated heterocycles. The zero-order chi connectivity index (χ0) is 20.7. The molecular weight excluding hydrogens is 420 g/mol. The third kappa shape index (κ3) is 3.51. The van der Waals surface area contributed by atoms with Gasteiger partial charge < -0.3 is 14.9 Å². The van der Waals surface area contributed by atoms with E-state index in [1.165, 1.54) is 5.69 Å². The second-order valence-electron chi connectivity index (χ2n) is 8.59. The molecule has 1 saturated carbocycles. The summed E-state index contributed by atoms with van der Waals surface area (Å²) in [7, 11) is -1.06. The lowest BCUT2D eigenvalue weighted by atomic mass is 9.76. The van der Waals surface area contributed by atoms with Crippen LogP contribution in [0.2, 0.25) is 5.02 Å². The van der Waals surface area contributed by atoms with Gasteiger partial charge >= 0.3 is 0 Å². The number of hydrogen-bond donors (Lipinski definition) is 1. The van der Waals surface area contributed by atoms with E-state index in [-0.39, 0.29) is 12.1 Å². The van der Waals surface area contributed by atoms with Crippen molar-refractivity contribution in [2.75, 3.05) is 41.8 Å². The van der Waals surface area contributed by atoms with Gasteiger partial charge in [-0.15, -0.1) is 0 Å². The highest BCUT2D eigenvalue weighted by molar-refractivity contribution is 7.85. The van der Waals surface area contributed by atoms with Gasteiger partial charge in [0.1, 0.15) is 11.6 Å². The van der Waals surface area contributed by atoms with Crippen LogP contribution in [0.15, 0.2) is 35.4 Å². The Morgan fingerprint density at radius 3 is 2.53 bits per heavy atom. The maximum absolute atomic E-state index is 12.6. The van der Waals surface area contributed by atoms with Crippen LogP contribution in [0.3, 0.4) is 0 Å². The van der Waals surface area contributed by atoms with Crippen molar-refractivity contribution in [2.45, 2.75) is 48.5 Å². The summed E-state index contributed by atoms with van der Waals surface area (Å²) in [6.07, 6.45) is 6.79. The molecule has 2 fully saturated rings. The van der Waals surface area contributed by atoms with E-state index in [1.807, 2.05) is 12.1 Å². The second kappa shape index (κ2) is 8.09. The Hall–Kier alpha value is -1.70. The highest BCUT2D eigenvalue weighted by Gasteiger charge is 2.45. The minimum absolute atomic E-state index is 0.123. The molecular formula is C22H27ClN4O2S. The maximum Gasteiger partial charge on any atom is 0.149 e. The first-order valence-corrected chi connectivity index (χ1v) is 12.4. The Balaban J connectivity index is 1.36. The lowest BCUT2D eigenvalue weighted by Gasteiger charge is -2.51. The standard InChI is InChI=1S/C22H27ClN4O2S/c23-17-2-4-18(5-3-17)26-10-6-16(7-11-26)20-24-14-19-21(25-20)27(12-13-30(19)29)22(15-28)8-1-9-22/h2-5,14,16,28H,1,6-13,15H2/t30-/m1/s1. The second-order valence-corrected chi connectivity index (χ2v) is 10.6. The van der Waals surface area contributed by atoms with E-state index in [0.717, 1.165) is 66.8 Å². The third-order valence-electron chi connectivity index (χ3n) is 6.96. The van der Waals surface area contributed by atoms with Crippen molar-refractivity contribution in [1.82, 2.24) is 9.97 Å². The van der Waals surface area contributed by atoms with Crippen molar-refractivity contribution in [3.05, 3.63) is 41.3 Å². The van der Waals surface area contributed by atoms with E-state index in [2.05, 4.69) is 26.9 Å². The number of halogens is 1. The van der Waals surface area contributed by atoms with Gasteiger partial charge in [0.2, 0.25) is 0 Å². The number of piperidine rings is 1.